The SMILES string of the molecule is NCCCCN(CC1CC(OCc2ccccc2)CN1)C1CCCc2cccnc21. The number of hydrogen-bond donors (Lipinski definition) is 2. The molecule has 162 valence electrons. The van der Waals surface area contributed by atoms with Crippen molar-refractivity contribution >= 4 is 0 Å². The van der Waals surface area contributed by atoms with Crippen molar-refractivity contribution in [1.82, 2.24) is 15.2 Å². The number of aryl methyl sites for hydroxylation is 1. The van der Waals surface area contributed by atoms with Crippen molar-refractivity contribution in [2.45, 2.75) is 63.3 Å². The molecular weight excluding hydrogens is 372 g/mol. The topological polar surface area (TPSA) is 63.4 Å². The standard InChI is InChI=1S/C25H36N4O/c26-13-4-5-15-29(24-12-6-10-21-11-7-14-27-25(21)24)18-22-16-23(17-28-22)30-19-20-8-2-1-3-9-20/h1-3,7-9,11,14,22-24,28H,4-6,10,12-13,15-19,26H2. The van der Waals surface area contributed by atoms with Gasteiger partial charge in [-0.1, -0.05) is 36.4 Å². The van der Waals surface area contributed by atoms with Crippen molar-refractivity contribution in [3.63, 3.8) is 0 Å². The van der Waals surface area contributed by atoms with E-state index in [1.54, 1.807) is 0 Å². The zero-order valence-electron chi connectivity index (χ0n) is 18.0. The van der Waals surface area contributed by atoms with Gasteiger partial charge in [0.2, 0.25) is 0 Å². The summed E-state index contributed by atoms with van der Waals surface area (Å²) in [6.07, 6.45) is 9.16. The largest absolute Gasteiger partial charge is 0.372 e. The molecule has 1 fully saturated rings. The third-order valence-electron chi connectivity index (χ3n) is 6.47. The maximum atomic E-state index is 6.19. The summed E-state index contributed by atoms with van der Waals surface area (Å²) in [5.74, 6) is 0. The van der Waals surface area contributed by atoms with Crippen LogP contribution in [0.15, 0.2) is 48.7 Å². The molecule has 1 aliphatic carbocycles. The van der Waals surface area contributed by atoms with Crippen LogP contribution in [0.1, 0.15) is 55.0 Å². The van der Waals surface area contributed by atoms with E-state index in [9.17, 15) is 0 Å². The molecule has 0 spiro atoms. The number of nitrogens with one attached hydrogen (secondary N) is 1. The summed E-state index contributed by atoms with van der Waals surface area (Å²) in [6, 6.07) is 15.7. The fourth-order valence-electron chi connectivity index (χ4n) is 4.89. The average molecular weight is 409 g/mol. The van der Waals surface area contributed by atoms with Crippen molar-refractivity contribution in [1.29, 1.82) is 0 Å². The van der Waals surface area contributed by atoms with E-state index in [4.69, 9.17) is 15.5 Å². The molecule has 1 aliphatic heterocycles. The smallest absolute Gasteiger partial charge is 0.0721 e. The van der Waals surface area contributed by atoms with Gasteiger partial charge in [-0.05, 0) is 68.8 Å². The lowest BCUT2D eigenvalue weighted by molar-refractivity contribution is 0.0509. The van der Waals surface area contributed by atoms with Gasteiger partial charge in [0.05, 0.1) is 24.4 Å². The Morgan fingerprint density at radius 3 is 2.90 bits per heavy atom. The van der Waals surface area contributed by atoms with E-state index in [2.05, 4.69) is 46.6 Å². The summed E-state index contributed by atoms with van der Waals surface area (Å²) in [5.41, 5.74) is 9.75. The Kier molecular flexibility index (Phi) is 7.87. The summed E-state index contributed by atoms with van der Waals surface area (Å²) < 4.78 is 6.19. The molecule has 1 aromatic carbocycles. The van der Waals surface area contributed by atoms with Crippen LogP contribution in [-0.2, 0) is 17.8 Å². The molecule has 0 amide bonds. The van der Waals surface area contributed by atoms with E-state index >= 15 is 0 Å². The van der Waals surface area contributed by atoms with E-state index in [1.165, 1.54) is 29.7 Å². The van der Waals surface area contributed by atoms with Crippen LogP contribution in [0.5, 0.6) is 0 Å². The average Bonchev–Trinajstić information content (AvgIpc) is 3.25. The molecule has 5 heteroatoms. The second-order valence-electron chi connectivity index (χ2n) is 8.71. The Hall–Kier alpha value is -1.79. The number of aromatic nitrogens is 1. The van der Waals surface area contributed by atoms with Gasteiger partial charge >= 0.3 is 0 Å². The first kappa shape index (κ1) is 21.4. The highest BCUT2D eigenvalue weighted by molar-refractivity contribution is 5.25. The lowest BCUT2D eigenvalue weighted by atomic mass is 9.90. The van der Waals surface area contributed by atoms with Crippen LogP contribution < -0.4 is 11.1 Å². The molecule has 3 N–H and O–H groups in total. The summed E-state index contributed by atoms with van der Waals surface area (Å²) in [4.78, 5) is 7.46. The van der Waals surface area contributed by atoms with Crippen molar-refractivity contribution < 1.29 is 4.74 Å². The zero-order chi connectivity index (χ0) is 20.6. The van der Waals surface area contributed by atoms with Gasteiger partial charge in [-0.2, -0.15) is 0 Å². The molecule has 0 saturated carbocycles. The van der Waals surface area contributed by atoms with Crippen LogP contribution in [0.25, 0.3) is 0 Å². The van der Waals surface area contributed by atoms with Gasteiger partial charge in [0.25, 0.3) is 0 Å². The first-order chi connectivity index (χ1) is 14.8. The second kappa shape index (κ2) is 11.0. The van der Waals surface area contributed by atoms with E-state index in [-0.39, 0.29) is 6.10 Å². The number of pyridine rings is 1. The first-order valence-electron chi connectivity index (χ1n) is 11.6. The van der Waals surface area contributed by atoms with Gasteiger partial charge in [0, 0.05) is 25.3 Å². The predicted octanol–water partition coefficient (Wildman–Crippen LogP) is 3.45. The number of hydrogen-bond acceptors (Lipinski definition) is 5. The quantitative estimate of drug-likeness (QED) is 0.590. The third-order valence-corrected chi connectivity index (χ3v) is 6.47. The lowest BCUT2D eigenvalue weighted by Crippen LogP contribution is -2.41. The molecule has 2 heterocycles. The molecule has 0 bridgehead atoms. The predicted molar refractivity (Wildman–Crippen MR) is 121 cm³/mol. The van der Waals surface area contributed by atoms with Gasteiger partial charge in [0.1, 0.15) is 0 Å². The van der Waals surface area contributed by atoms with Gasteiger partial charge in [-0.3, -0.25) is 9.88 Å². The lowest BCUT2D eigenvalue weighted by Gasteiger charge is -2.36. The Morgan fingerprint density at radius 1 is 1.13 bits per heavy atom. The highest BCUT2D eigenvalue weighted by atomic mass is 16.5. The molecule has 2 aromatic rings. The van der Waals surface area contributed by atoms with Crippen LogP contribution in [0.2, 0.25) is 0 Å². The molecule has 1 saturated heterocycles. The molecule has 1 aromatic heterocycles. The van der Waals surface area contributed by atoms with Crippen molar-refractivity contribution in [2.75, 3.05) is 26.2 Å². The Bertz CT molecular complexity index is 769. The summed E-state index contributed by atoms with van der Waals surface area (Å²) >= 11 is 0. The van der Waals surface area contributed by atoms with Crippen LogP contribution in [0.4, 0.5) is 0 Å². The van der Waals surface area contributed by atoms with E-state index < -0.39 is 0 Å². The molecule has 0 radical (unpaired) electrons. The number of fused-ring (bicyclic) bond motifs is 1. The Labute approximate surface area is 181 Å². The fourth-order valence-corrected chi connectivity index (χ4v) is 4.89. The first-order valence-corrected chi connectivity index (χ1v) is 11.6. The third kappa shape index (κ3) is 5.67. The monoisotopic (exact) mass is 408 g/mol. The number of ether oxygens (including phenoxy) is 1. The number of nitrogens with two attached hydrogens (primary N) is 1. The Morgan fingerprint density at radius 2 is 2.03 bits per heavy atom. The molecule has 5 nitrogen and oxygen atoms in total. The summed E-state index contributed by atoms with van der Waals surface area (Å²) in [5, 5.41) is 3.72. The fraction of sp³-hybridized carbons (Fsp3) is 0.560. The minimum atomic E-state index is 0.290. The van der Waals surface area contributed by atoms with E-state index in [1.807, 2.05) is 12.3 Å². The van der Waals surface area contributed by atoms with Crippen LogP contribution >= 0.6 is 0 Å². The van der Waals surface area contributed by atoms with E-state index in [0.29, 0.717) is 18.7 Å². The van der Waals surface area contributed by atoms with Crippen LogP contribution in [-0.4, -0.2) is 48.2 Å². The molecule has 4 rings (SSSR count). The number of benzene rings is 1. The molecule has 2 aliphatic rings. The maximum Gasteiger partial charge on any atom is 0.0721 e. The minimum absolute atomic E-state index is 0.290. The molecule has 3 atom stereocenters. The van der Waals surface area contributed by atoms with E-state index in [0.717, 1.165) is 51.9 Å². The van der Waals surface area contributed by atoms with Gasteiger partial charge in [0.15, 0.2) is 0 Å². The summed E-state index contributed by atoms with van der Waals surface area (Å²) in [6.45, 7) is 4.54. The van der Waals surface area contributed by atoms with Gasteiger partial charge < -0.3 is 15.8 Å². The van der Waals surface area contributed by atoms with Crippen LogP contribution in [0, 0.1) is 0 Å². The maximum absolute atomic E-state index is 6.19. The number of rotatable bonds is 10. The van der Waals surface area contributed by atoms with Crippen molar-refractivity contribution in [3.05, 3.63) is 65.5 Å². The molecule has 3 unspecified atom stereocenters. The Balaban J connectivity index is 1.35. The highest BCUT2D eigenvalue weighted by Crippen LogP contribution is 2.33. The van der Waals surface area contributed by atoms with Crippen molar-refractivity contribution in [2.24, 2.45) is 5.73 Å². The van der Waals surface area contributed by atoms with Crippen molar-refractivity contribution in [3.8, 4) is 0 Å². The highest BCUT2D eigenvalue weighted by Gasteiger charge is 2.31. The molecular formula is C25H36N4O. The zero-order valence-corrected chi connectivity index (χ0v) is 18.0. The van der Waals surface area contributed by atoms with Gasteiger partial charge in [-0.15, -0.1) is 0 Å². The molecule has 30 heavy (non-hydrogen) atoms. The second-order valence-corrected chi connectivity index (χ2v) is 8.71. The van der Waals surface area contributed by atoms with Gasteiger partial charge in [-0.25, -0.2) is 0 Å². The summed E-state index contributed by atoms with van der Waals surface area (Å²) in [7, 11) is 0. The number of nitrogens with zero attached hydrogens (tertiary/aromatic N) is 2. The number of unbranched alkanes of at least 4 members (excludes halogenated alkanes) is 1. The minimum Gasteiger partial charge on any atom is -0.372 e. The normalized spacial score (nSPS) is 23.6. The van der Waals surface area contributed by atoms with Crippen LogP contribution in [0.3, 0.4) is 0 Å².